The third-order valence-electron chi connectivity index (χ3n) is 5.36. The fraction of sp³-hybridized carbons (Fsp3) is 0.650. The summed E-state index contributed by atoms with van der Waals surface area (Å²) >= 11 is 0. The van der Waals surface area contributed by atoms with Crippen LogP contribution in [0, 0.1) is 5.92 Å². The van der Waals surface area contributed by atoms with Crippen molar-refractivity contribution in [3.8, 4) is 0 Å². The number of nitrogens with one attached hydrogen (secondary N) is 2. The molecule has 2 aliphatic rings. The van der Waals surface area contributed by atoms with Gasteiger partial charge in [-0.1, -0.05) is 30.7 Å². The lowest BCUT2D eigenvalue weighted by molar-refractivity contribution is 0.152. The molecule has 1 saturated heterocycles. The molecule has 0 aromatic heterocycles. The summed E-state index contributed by atoms with van der Waals surface area (Å²) in [6.45, 7) is 6.54. The van der Waals surface area contributed by atoms with E-state index in [9.17, 15) is 0 Å². The van der Waals surface area contributed by atoms with Crippen LogP contribution in [-0.4, -0.2) is 37.0 Å². The largest absolute Gasteiger partial charge is 0.356 e. The van der Waals surface area contributed by atoms with Crippen LogP contribution >= 0.6 is 0 Å². The molecule has 4 heteroatoms. The average molecular weight is 329 g/mol. The van der Waals surface area contributed by atoms with Crippen LogP contribution in [-0.2, 0) is 13.1 Å². The third kappa shape index (κ3) is 4.97. The van der Waals surface area contributed by atoms with Crippen LogP contribution in [0.1, 0.15) is 50.2 Å². The molecule has 0 radical (unpaired) electrons. The number of aliphatic imine (C=N–C) groups is 1. The topological polar surface area (TPSA) is 39.7 Å². The van der Waals surface area contributed by atoms with Gasteiger partial charge in [0.15, 0.2) is 5.96 Å². The molecule has 2 N–H and O–H groups in total. The molecule has 132 valence electrons. The first-order valence-electron chi connectivity index (χ1n) is 9.51. The Hall–Kier alpha value is -1.55. The average Bonchev–Trinajstić information content (AvgIpc) is 3.43. The first kappa shape index (κ1) is 17.3. The molecule has 2 fully saturated rings. The molecule has 24 heavy (non-hydrogen) atoms. The molecular formula is C20H32N4. The van der Waals surface area contributed by atoms with E-state index in [0.29, 0.717) is 6.04 Å². The lowest BCUT2D eigenvalue weighted by Crippen LogP contribution is -2.39. The summed E-state index contributed by atoms with van der Waals surface area (Å²) in [7, 11) is 1.85. The van der Waals surface area contributed by atoms with Crippen molar-refractivity contribution in [2.75, 3.05) is 20.1 Å². The van der Waals surface area contributed by atoms with Gasteiger partial charge in [0, 0.05) is 32.7 Å². The van der Waals surface area contributed by atoms with Gasteiger partial charge in [-0.15, -0.1) is 0 Å². The fourth-order valence-corrected chi connectivity index (χ4v) is 3.46. The number of hydrogen-bond acceptors (Lipinski definition) is 2. The molecule has 3 rings (SSSR count). The summed E-state index contributed by atoms with van der Waals surface area (Å²) in [6, 6.07) is 9.52. The molecule has 1 aromatic rings. The van der Waals surface area contributed by atoms with E-state index in [2.05, 4.69) is 51.7 Å². The fourth-order valence-electron chi connectivity index (χ4n) is 3.46. The van der Waals surface area contributed by atoms with E-state index in [0.717, 1.165) is 31.5 Å². The molecule has 1 heterocycles. The molecule has 0 spiro atoms. The normalized spacial score (nSPS) is 22.4. The number of guanidine groups is 1. The zero-order valence-corrected chi connectivity index (χ0v) is 15.2. The number of benzene rings is 1. The van der Waals surface area contributed by atoms with Gasteiger partial charge in [-0.05, 0) is 56.2 Å². The zero-order valence-electron chi connectivity index (χ0n) is 15.2. The monoisotopic (exact) mass is 328 g/mol. The van der Waals surface area contributed by atoms with Crippen molar-refractivity contribution in [1.29, 1.82) is 0 Å². The van der Waals surface area contributed by atoms with Crippen molar-refractivity contribution in [2.24, 2.45) is 10.9 Å². The number of hydrogen-bond donors (Lipinski definition) is 2. The highest BCUT2D eigenvalue weighted by Gasteiger charge is 2.21. The SMILES string of the molecule is CN=C(NCc1ccccc1CN1CCCCC1C)NCC1CC1. The van der Waals surface area contributed by atoms with Gasteiger partial charge in [0.25, 0.3) is 0 Å². The Kier molecular flexibility index (Phi) is 6.13. The van der Waals surface area contributed by atoms with Crippen LogP contribution in [0.5, 0.6) is 0 Å². The van der Waals surface area contributed by atoms with E-state index in [1.807, 2.05) is 7.05 Å². The first-order chi connectivity index (χ1) is 11.8. The Morgan fingerprint density at radius 1 is 1.12 bits per heavy atom. The van der Waals surface area contributed by atoms with Gasteiger partial charge in [0.2, 0.25) is 0 Å². The Bertz CT molecular complexity index is 550. The van der Waals surface area contributed by atoms with E-state index < -0.39 is 0 Å². The van der Waals surface area contributed by atoms with Crippen LogP contribution in [0.4, 0.5) is 0 Å². The zero-order chi connectivity index (χ0) is 16.8. The van der Waals surface area contributed by atoms with Crippen LogP contribution in [0.3, 0.4) is 0 Å². The standard InChI is InChI=1S/C20H32N4/c1-16-7-5-6-12-24(16)15-19-9-4-3-8-18(19)14-23-20(21-2)22-13-17-10-11-17/h3-4,8-9,16-17H,5-7,10-15H2,1-2H3,(H2,21,22,23). The predicted octanol–water partition coefficient (Wildman–Crippen LogP) is 3.14. The van der Waals surface area contributed by atoms with Crippen molar-refractivity contribution >= 4 is 5.96 Å². The third-order valence-corrected chi connectivity index (χ3v) is 5.36. The Morgan fingerprint density at radius 3 is 2.62 bits per heavy atom. The maximum Gasteiger partial charge on any atom is 0.191 e. The van der Waals surface area contributed by atoms with Gasteiger partial charge in [0.05, 0.1) is 0 Å². The van der Waals surface area contributed by atoms with Crippen LogP contribution in [0.2, 0.25) is 0 Å². The Balaban J connectivity index is 1.56. The van der Waals surface area contributed by atoms with Crippen molar-refractivity contribution in [2.45, 2.75) is 58.2 Å². The van der Waals surface area contributed by atoms with Crippen molar-refractivity contribution in [3.63, 3.8) is 0 Å². The van der Waals surface area contributed by atoms with Gasteiger partial charge in [-0.25, -0.2) is 0 Å². The van der Waals surface area contributed by atoms with E-state index in [1.165, 1.54) is 49.8 Å². The second-order valence-corrected chi connectivity index (χ2v) is 7.33. The van der Waals surface area contributed by atoms with Gasteiger partial charge in [-0.3, -0.25) is 9.89 Å². The van der Waals surface area contributed by atoms with Crippen molar-refractivity contribution < 1.29 is 0 Å². The minimum atomic E-state index is 0.702. The molecule has 1 saturated carbocycles. The summed E-state index contributed by atoms with van der Waals surface area (Å²) in [5.74, 6) is 1.78. The molecule has 1 aromatic carbocycles. The van der Waals surface area contributed by atoms with Gasteiger partial charge >= 0.3 is 0 Å². The van der Waals surface area contributed by atoms with Gasteiger partial charge in [-0.2, -0.15) is 0 Å². The smallest absolute Gasteiger partial charge is 0.191 e. The lowest BCUT2D eigenvalue weighted by Gasteiger charge is -2.33. The van der Waals surface area contributed by atoms with Crippen LogP contribution in [0.15, 0.2) is 29.3 Å². The maximum atomic E-state index is 4.34. The molecule has 1 atom stereocenters. The number of rotatable bonds is 6. The van der Waals surface area contributed by atoms with Gasteiger partial charge in [0.1, 0.15) is 0 Å². The number of piperidine rings is 1. The van der Waals surface area contributed by atoms with Crippen LogP contribution in [0.25, 0.3) is 0 Å². The van der Waals surface area contributed by atoms with Crippen molar-refractivity contribution in [3.05, 3.63) is 35.4 Å². The highest BCUT2D eigenvalue weighted by molar-refractivity contribution is 5.79. The molecule has 0 bridgehead atoms. The quantitative estimate of drug-likeness (QED) is 0.622. The number of likely N-dealkylation sites (tertiary alicyclic amines) is 1. The summed E-state index contributed by atoms with van der Waals surface area (Å²) in [5, 5.41) is 6.92. The van der Waals surface area contributed by atoms with E-state index in [-0.39, 0.29) is 0 Å². The molecule has 1 unspecified atom stereocenters. The summed E-state index contributed by atoms with van der Waals surface area (Å²) in [4.78, 5) is 6.97. The maximum absolute atomic E-state index is 4.34. The van der Waals surface area contributed by atoms with E-state index >= 15 is 0 Å². The second kappa shape index (κ2) is 8.52. The first-order valence-corrected chi connectivity index (χ1v) is 9.51. The Morgan fingerprint density at radius 2 is 1.92 bits per heavy atom. The van der Waals surface area contributed by atoms with Gasteiger partial charge < -0.3 is 10.6 Å². The highest BCUT2D eigenvalue weighted by atomic mass is 15.2. The molecule has 4 nitrogen and oxygen atoms in total. The van der Waals surface area contributed by atoms with E-state index in [4.69, 9.17) is 0 Å². The molecular weight excluding hydrogens is 296 g/mol. The Labute approximate surface area is 146 Å². The minimum absolute atomic E-state index is 0.702. The van der Waals surface area contributed by atoms with E-state index in [1.54, 1.807) is 0 Å². The highest BCUT2D eigenvalue weighted by Crippen LogP contribution is 2.27. The summed E-state index contributed by atoms with van der Waals surface area (Å²) < 4.78 is 0. The summed E-state index contributed by atoms with van der Waals surface area (Å²) in [6.07, 6.45) is 6.77. The predicted molar refractivity (Wildman–Crippen MR) is 101 cm³/mol. The molecule has 1 aliphatic heterocycles. The minimum Gasteiger partial charge on any atom is -0.356 e. The second-order valence-electron chi connectivity index (χ2n) is 7.33. The number of nitrogens with zero attached hydrogens (tertiary/aromatic N) is 2. The molecule has 0 amide bonds. The lowest BCUT2D eigenvalue weighted by atomic mass is 10.0. The van der Waals surface area contributed by atoms with Crippen LogP contribution < -0.4 is 10.6 Å². The van der Waals surface area contributed by atoms with Crippen molar-refractivity contribution in [1.82, 2.24) is 15.5 Å². The molecule has 1 aliphatic carbocycles. The summed E-state index contributed by atoms with van der Waals surface area (Å²) in [5.41, 5.74) is 2.82.